The lowest BCUT2D eigenvalue weighted by atomic mass is 10.2. The van der Waals surface area contributed by atoms with Gasteiger partial charge in [0.25, 0.3) is 5.91 Å². The van der Waals surface area contributed by atoms with Crippen LogP contribution in [0.25, 0.3) is 0 Å². The Labute approximate surface area is 125 Å². The van der Waals surface area contributed by atoms with E-state index in [1.807, 2.05) is 11.8 Å². The summed E-state index contributed by atoms with van der Waals surface area (Å²) in [7, 11) is 0. The Kier molecular flexibility index (Phi) is 5.68. The summed E-state index contributed by atoms with van der Waals surface area (Å²) in [5.74, 6) is 0.689. The first-order valence-corrected chi connectivity index (χ1v) is 7.46. The number of halogens is 1. The molecule has 1 amide bonds. The number of nitrogens with one attached hydrogen (secondary N) is 1. The van der Waals surface area contributed by atoms with E-state index in [1.165, 1.54) is 6.42 Å². The van der Waals surface area contributed by atoms with Crippen LogP contribution in [0.1, 0.15) is 19.8 Å². The minimum Gasteiger partial charge on any atom is -0.484 e. The highest BCUT2D eigenvalue weighted by Crippen LogP contribution is 2.15. The van der Waals surface area contributed by atoms with Crippen molar-refractivity contribution in [1.29, 1.82) is 0 Å². The third-order valence-electron chi connectivity index (χ3n) is 3.51. The Balaban J connectivity index is 1.80. The molecule has 0 spiro atoms. The largest absolute Gasteiger partial charge is 0.484 e. The number of benzene rings is 1. The van der Waals surface area contributed by atoms with E-state index >= 15 is 0 Å². The maximum atomic E-state index is 12.1. The van der Waals surface area contributed by atoms with Crippen LogP contribution < -0.4 is 10.1 Å². The lowest BCUT2D eigenvalue weighted by Gasteiger charge is -2.24. The number of amides is 1. The molecular weight excluding hydrogens is 276 g/mol. The summed E-state index contributed by atoms with van der Waals surface area (Å²) in [6.07, 6.45) is 2.33. The van der Waals surface area contributed by atoms with Crippen LogP contribution >= 0.6 is 11.6 Å². The highest BCUT2D eigenvalue weighted by atomic mass is 35.5. The number of carbonyl (C=O) groups is 1. The third kappa shape index (κ3) is 4.39. The van der Waals surface area contributed by atoms with Gasteiger partial charge in [-0.2, -0.15) is 0 Å². The second kappa shape index (κ2) is 7.50. The van der Waals surface area contributed by atoms with Crippen molar-refractivity contribution in [2.75, 3.05) is 26.2 Å². The zero-order valence-corrected chi connectivity index (χ0v) is 12.5. The average Bonchev–Trinajstić information content (AvgIpc) is 2.97. The van der Waals surface area contributed by atoms with Gasteiger partial charge >= 0.3 is 0 Å². The van der Waals surface area contributed by atoms with Gasteiger partial charge in [0.05, 0.1) is 0 Å². The summed E-state index contributed by atoms with van der Waals surface area (Å²) in [6.45, 7) is 4.59. The van der Waals surface area contributed by atoms with Gasteiger partial charge in [-0.3, -0.25) is 4.79 Å². The van der Waals surface area contributed by atoms with Crippen LogP contribution in [0.4, 0.5) is 0 Å². The van der Waals surface area contributed by atoms with Gasteiger partial charge in [-0.15, -0.1) is 0 Å². The van der Waals surface area contributed by atoms with E-state index in [9.17, 15) is 4.79 Å². The molecular formula is C15H21ClN2O2. The highest BCUT2D eigenvalue weighted by Gasteiger charge is 2.20. The van der Waals surface area contributed by atoms with E-state index in [0.29, 0.717) is 23.4 Å². The molecule has 5 heteroatoms. The third-order valence-corrected chi connectivity index (χ3v) is 3.77. The van der Waals surface area contributed by atoms with Crippen LogP contribution in [0.15, 0.2) is 24.3 Å². The van der Waals surface area contributed by atoms with Crippen molar-refractivity contribution in [3.05, 3.63) is 29.3 Å². The Morgan fingerprint density at radius 1 is 1.45 bits per heavy atom. The fourth-order valence-electron chi connectivity index (χ4n) is 2.35. The summed E-state index contributed by atoms with van der Waals surface area (Å²) < 4.78 is 5.50. The van der Waals surface area contributed by atoms with Crippen molar-refractivity contribution < 1.29 is 9.53 Å². The maximum absolute atomic E-state index is 12.1. The molecule has 1 atom stereocenters. The minimum atomic E-state index is 0.0242. The van der Waals surface area contributed by atoms with E-state index in [1.54, 1.807) is 24.3 Å². The van der Waals surface area contributed by atoms with E-state index in [0.717, 1.165) is 19.5 Å². The Hall–Kier alpha value is -1.26. The van der Waals surface area contributed by atoms with E-state index < -0.39 is 0 Å². The van der Waals surface area contributed by atoms with Crippen molar-refractivity contribution >= 4 is 17.5 Å². The van der Waals surface area contributed by atoms with Crippen LogP contribution in [-0.2, 0) is 4.79 Å². The molecule has 0 bridgehead atoms. The molecule has 1 N–H and O–H groups in total. The van der Waals surface area contributed by atoms with Crippen LogP contribution in [0, 0.1) is 0 Å². The molecule has 4 nitrogen and oxygen atoms in total. The van der Waals surface area contributed by atoms with Gasteiger partial charge in [-0.1, -0.05) is 11.6 Å². The summed E-state index contributed by atoms with van der Waals surface area (Å²) in [5.41, 5.74) is 0. The second-order valence-corrected chi connectivity index (χ2v) is 5.40. The molecule has 110 valence electrons. The Bertz CT molecular complexity index is 430. The average molecular weight is 297 g/mol. The quantitative estimate of drug-likeness (QED) is 0.876. The van der Waals surface area contributed by atoms with Crippen LogP contribution in [0.2, 0.25) is 5.02 Å². The molecule has 0 aromatic heterocycles. The molecule has 1 aliphatic rings. The summed E-state index contributed by atoms with van der Waals surface area (Å²) in [4.78, 5) is 14.0. The molecule has 20 heavy (non-hydrogen) atoms. The number of hydrogen-bond donors (Lipinski definition) is 1. The monoisotopic (exact) mass is 296 g/mol. The number of carbonyl (C=O) groups excluding carboxylic acids is 1. The van der Waals surface area contributed by atoms with Gasteiger partial charge in [0.2, 0.25) is 0 Å². The predicted molar refractivity (Wildman–Crippen MR) is 80.2 cm³/mol. The van der Waals surface area contributed by atoms with Crippen molar-refractivity contribution in [2.24, 2.45) is 0 Å². The van der Waals surface area contributed by atoms with Crippen molar-refractivity contribution in [2.45, 2.75) is 25.8 Å². The molecule has 1 aromatic rings. The van der Waals surface area contributed by atoms with Crippen molar-refractivity contribution in [1.82, 2.24) is 10.2 Å². The number of rotatable bonds is 6. The fraction of sp³-hybridized carbons (Fsp3) is 0.533. The van der Waals surface area contributed by atoms with Crippen LogP contribution in [0.5, 0.6) is 5.75 Å². The van der Waals surface area contributed by atoms with Gasteiger partial charge in [0.15, 0.2) is 6.61 Å². The zero-order valence-electron chi connectivity index (χ0n) is 11.8. The normalized spacial score (nSPS) is 18.0. The lowest BCUT2D eigenvalue weighted by Crippen LogP contribution is -2.42. The minimum absolute atomic E-state index is 0.0242. The summed E-state index contributed by atoms with van der Waals surface area (Å²) >= 11 is 5.80. The Morgan fingerprint density at radius 3 is 2.80 bits per heavy atom. The predicted octanol–water partition coefficient (Wildman–Crippen LogP) is 2.32. The van der Waals surface area contributed by atoms with E-state index in [4.69, 9.17) is 16.3 Å². The standard InChI is InChI=1S/C15H21ClN2O2/c1-2-18(10-13-4-3-9-17-13)15(19)11-20-14-7-5-12(16)6-8-14/h5-8,13,17H,2-4,9-11H2,1H3. The molecule has 0 saturated carbocycles. The van der Waals surface area contributed by atoms with Crippen molar-refractivity contribution in [3.63, 3.8) is 0 Å². The molecule has 1 aromatic carbocycles. The van der Waals surface area contributed by atoms with Crippen molar-refractivity contribution in [3.8, 4) is 5.75 Å². The lowest BCUT2D eigenvalue weighted by molar-refractivity contribution is -0.133. The number of nitrogens with zero attached hydrogens (tertiary/aromatic N) is 1. The topological polar surface area (TPSA) is 41.6 Å². The SMILES string of the molecule is CCN(CC1CCCN1)C(=O)COc1ccc(Cl)cc1. The number of likely N-dealkylation sites (N-methyl/N-ethyl adjacent to an activating group) is 1. The van der Waals surface area contributed by atoms with Gasteiger partial charge in [0, 0.05) is 24.2 Å². The van der Waals surface area contributed by atoms with Gasteiger partial charge in [-0.05, 0) is 50.6 Å². The number of ether oxygens (including phenoxy) is 1. The molecule has 1 aliphatic heterocycles. The highest BCUT2D eigenvalue weighted by molar-refractivity contribution is 6.30. The maximum Gasteiger partial charge on any atom is 0.260 e. The van der Waals surface area contributed by atoms with Gasteiger partial charge in [0.1, 0.15) is 5.75 Å². The first kappa shape index (κ1) is 15.1. The summed E-state index contributed by atoms with van der Waals surface area (Å²) in [6, 6.07) is 7.46. The van der Waals surface area contributed by atoms with E-state index in [2.05, 4.69) is 5.32 Å². The Morgan fingerprint density at radius 2 is 2.20 bits per heavy atom. The molecule has 1 heterocycles. The molecule has 1 fully saturated rings. The van der Waals surface area contributed by atoms with Crippen LogP contribution in [-0.4, -0.2) is 43.1 Å². The smallest absolute Gasteiger partial charge is 0.260 e. The molecule has 1 unspecified atom stereocenters. The van der Waals surface area contributed by atoms with Gasteiger partial charge in [-0.25, -0.2) is 0 Å². The first-order chi connectivity index (χ1) is 9.69. The molecule has 2 rings (SSSR count). The van der Waals surface area contributed by atoms with Crippen LogP contribution in [0.3, 0.4) is 0 Å². The number of hydrogen-bond acceptors (Lipinski definition) is 3. The molecule has 0 aliphatic carbocycles. The fourth-order valence-corrected chi connectivity index (χ4v) is 2.48. The second-order valence-electron chi connectivity index (χ2n) is 4.97. The molecule has 1 saturated heterocycles. The zero-order chi connectivity index (χ0) is 14.4. The first-order valence-electron chi connectivity index (χ1n) is 7.08. The summed E-state index contributed by atoms with van der Waals surface area (Å²) in [5, 5.41) is 4.07. The van der Waals surface area contributed by atoms with E-state index in [-0.39, 0.29) is 12.5 Å². The molecule has 0 radical (unpaired) electrons. The van der Waals surface area contributed by atoms with Gasteiger partial charge < -0.3 is 15.0 Å².